The first-order valence-electron chi connectivity index (χ1n) is 6.91. The first-order valence-corrected chi connectivity index (χ1v) is 6.91. The van der Waals surface area contributed by atoms with Crippen LogP contribution >= 0.6 is 0 Å². The van der Waals surface area contributed by atoms with E-state index in [1.807, 2.05) is 85.1 Å². The lowest BCUT2D eigenvalue weighted by Crippen LogP contribution is -3.00. The molecule has 0 aliphatic carbocycles. The van der Waals surface area contributed by atoms with E-state index >= 15 is 0 Å². The van der Waals surface area contributed by atoms with Gasteiger partial charge >= 0.3 is 0 Å². The maximum Gasteiger partial charge on any atom is 0.293 e. The summed E-state index contributed by atoms with van der Waals surface area (Å²) in [7, 11) is 0. The zero-order chi connectivity index (χ0) is 14.5. The van der Waals surface area contributed by atoms with E-state index in [1.165, 1.54) is 5.56 Å². The van der Waals surface area contributed by atoms with Crippen molar-refractivity contribution >= 4 is 11.6 Å². The summed E-state index contributed by atoms with van der Waals surface area (Å²) in [5.74, 6) is 0.0973. The average Bonchev–Trinajstić information content (AvgIpc) is 2.42. The highest BCUT2D eigenvalue weighted by Gasteiger charge is 2.22. The molecule has 1 aromatic heterocycles. The van der Waals surface area contributed by atoms with Gasteiger partial charge in [0.2, 0.25) is 6.54 Å². The van der Waals surface area contributed by atoms with Crippen LogP contribution in [0.15, 0.2) is 54.9 Å². The van der Waals surface area contributed by atoms with Crippen molar-refractivity contribution < 1.29 is 21.8 Å². The third kappa shape index (κ3) is 4.57. The van der Waals surface area contributed by atoms with Gasteiger partial charge in [0.15, 0.2) is 12.4 Å². The smallest absolute Gasteiger partial charge is 0.293 e. The van der Waals surface area contributed by atoms with Crippen LogP contribution in [0.25, 0.3) is 0 Å². The molecule has 2 rings (SSSR count). The van der Waals surface area contributed by atoms with Crippen LogP contribution in [0.4, 0.5) is 5.69 Å². The molecule has 0 saturated heterocycles. The standard InChI is InChI=1S/C17H21N2O.ClH/c1-14(2)19(16-7-5-4-6-8-16)17(20)13-18-11-9-15(3)10-12-18;/h4-12,14H,13H2,1-3H3;1H/q+1;/p-1. The van der Waals surface area contributed by atoms with Crippen LogP contribution < -0.4 is 21.9 Å². The fourth-order valence-corrected chi connectivity index (χ4v) is 2.19. The molecule has 112 valence electrons. The maximum atomic E-state index is 12.5. The molecule has 0 spiro atoms. The molecule has 1 aromatic carbocycles. The van der Waals surface area contributed by atoms with Gasteiger partial charge in [-0.3, -0.25) is 4.79 Å². The van der Waals surface area contributed by atoms with E-state index in [0.29, 0.717) is 6.54 Å². The normalized spacial score (nSPS) is 10.1. The Labute approximate surface area is 132 Å². The second-order valence-electron chi connectivity index (χ2n) is 5.24. The fourth-order valence-electron chi connectivity index (χ4n) is 2.19. The molecule has 2 aromatic rings. The van der Waals surface area contributed by atoms with Gasteiger partial charge in [-0.15, -0.1) is 0 Å². The third-order valence-electron chi connectivity index (χ3n) is 3.20. The summed E-state index contributed by atoms with van der Waals surface area (Å²) in [5, 5.41) is 0. The molecule has 0 bridgehead atoms. The lowest BCUT2D eigenvalue weighted by molar-refractivity contribution is -0.684. The number of para-hydroxylation sites is 1. The summed E-state index contributed by atoms with van der Waals surface area (Å²) in [6.07, 6.45) is 3.88. The first-order chi connectivity index (χ1) is 9.58. The summed E-state index contributed by atoms with van der Waals surface area (Å²) < 4.78 is 1.91. The zero-order valence-corrected chi connectivity index (χ0v) is 13.4. The molecule has 0 N–H and O–H groups in total. The molecule has 0 fully saturated rings. The summed E-state index contributed by atoms with van der Waals surface area (Å²) >= 11 is 0. The Morgan fingerprint density at radius 3 is 2.19 bits per heavy atom. The molecule has 1 heterocycles. The van der Waals surface area contributed by atoms with Crippen LogP contribution in [0.3, 0.4) is 0 Å². The number of pyridine rings is 1. The molecule has 4 heteroatoms. The Hall–Kier alpha value is -1.87. The number of aromatic nitrogens is 1. The quantitative estimate of drug-likeness (QED) is 0.714. The Kier molecular flexibility index (Phi) is 6.38. The highest BCUT2D eigenvalue weighted by Crippen LogP contribution is 2.16. The minimum atomic E-state index is 0. The first kappa shape index (κ1) is 17.2. The van der Waals surface area contributed by atoms with Crippen LogP contribution in [0, 0.1) is 6.92 Å². The van der Waals surface area contributed by atoms with Crippen LogP contribution in [-0.4, -0.2) is 11.9 Å². The van der Waals surface area contributed by atoms with E-state index in [4.69, 9.17) is 0 Å². The Bertz CT molecular complexity index is 567. The average molecular weight is 305 g/mol. The number of benzene rings is 1. The van der Waals surface area contributed by atoms with Crippen molar-refractivity contribution in [1.82, 2.24) is 0 Å². The van der Waals surface area contributed by atoms with Crippen molar-refractivity contribution in [2.45, 2.75) is 33.4 Å². The second-order valence-corrected chi connectivity index (χ2v) is 5.24. The van der Waals surface area contributed by atoms with Gasteiger partial charge in [-0.05, 0) is 38.5 Å². The number of anilines is 1. The number of halogens is 1. The van der Waals surface area contributed by atoms with Gasteiger partial charge in [-0.1, -0.05) is 18.2 Å². The van der Waals surface area contributed by atoms with Crippen LogP contribution in [-0.2, 0) is 11.3 Å². The number of hydrogen-bond donors (Lipinski definition) is 0. The number of hydrogen-bond acceptors (Lipinski definition) is 1. The molecular weight excluding hydrogens is 284 g/mol. The summed E-state index contributed by atoms with van der Waals surface area (Å²) in [4.78, 5) is 14.4. The van der Waals surface area contributed by atoms with E-state index in [1.54, 1.807) is 0 Å². The summed E-state index contributed by atoms with van der Waals surface area (Å²) in [6.45, 7) is 6.46. The predicted octanol–water partition coefficient (Wildman–Crippen LogP) is -0.272. The van der Waals surface area contributed by atoms with Gasteiger partial charge in [0.05, 0.1) is 0 Å². The highest BCUT2D eigenvalue weighted by atomic mass is 35.5. The lowest BCUT2D eigenvalue weighted by atomic mass is 10.2. The van der Waals surface area contributed by atoms with Crippen LogP contribution in [0.2, 0.25) is 0 Å². The van der Waals surface area contributed by atoms with Crippen molar-refractivity contribution in [3.05, 3.63) is 60.4 Å². The minimum Gasteiger partial charge on any atom is -1.00 e. The Balaban J connectivity index is 0.00000220. The van der Waals surface area contributed by atoms with E-state index in [2.05, 4.69) is 0 Å². The number of carbonyl (C=O) groups excluding carboxylic acids is 1. The van der Waals surface area contributed by atoms with Gasteiger partial charge in [0.1, 0.15) is 0 Å². The zero-order valence-electron chi connectivity index (χ0n) is 12.7. The molecule has 21 heavy (non-hydrogen) atoms. The number of aryl methyl sites for hydroxylation is 1. The van der Waals surface area contributed by atoms with Gasteiger partial charge < -0.3 is 17.3 Å². The van der Waals surface area contributed by atoms with Gasteiger partial charge in [-0.2, -0.15) is 4.57 Å². The molecule has 0 radical (unpaired) electrons. The van der Waals surface area contributed by atoms with Gasteiger partial charge in [0.25, 0.3) is 5.91 Å². The minimum absolute atomic E-state index is 0. The predicted molar refractivity (Wildman–Crippen MR) is 80.4 cm³/mol. The molecule has 0 aliphatic rings. The van der Waals surface area contributed by atoms with Crippen molar-refractivity contribution in [3.63, 3.8) is 0 Å². The number of rotatable bonds is 4. The summed E-state index contributed by atoms with van der Waals surface area (Å²) in [6, 6.07) is 14.0. The highest BCUT2D eigenvalue weighted by molar-refractivity contribution is 5.92. The molecule has 0 saturated carbocycles. The molecule has 3 nitrogen and oxygen atoms in total. The van der Waals surface area contributed by atoms with E-state index in [-0.39, 0.29) is 24.4 Å². The summed E-state index contributed by atoms with van der Waals surface area (Å²) in [5.41, 5.74) is 2.14. The van der Waals surface area contributed by atoms with Crippen molar-refractivity contribution in [2.75, 3.05) is 4.90 Å². The van der Waals surface area contributed by atoms with E-state index < -0.39 is 0 Å². The Morgan fingerprint density at radius 2 is 1.67 bits per heavy atom. The van der Waals surface area contributed by atoms with Crippen LogP contribution in [0.5, 0.6) is 0 Å². The molecule has 1 amide bonds. The van der Waals surface area contributed by atoms with E-state index in [0.717, 1.165) is 5.69 Å². The fraction of sp³-hybridized carbons (Fsp3) is 0.294. The Morgan fingerprint density at radius 1 is 1.10 bits per heavy atom. The molecule has 0 aliphatic heterocycles. The van der Waals surface area contributed by atoms with Crippen molar-refractivity contribution in [1.29, 1.82) is 0 Å². The molecular formula is C17H21ClN2O. The maximum absolute atomic E-state index is 12.5. The SMILES string of the molecule is Cc1cc[n+](CC(=O)N(c2ccccc2)C(C)C)cc1.[Cl-]. The second kappa shape index (κ2) is 7.79. The van der Waals surface area contributed by atoms with Crippen molar-refractivity contribution in [2.24, 2.45) is 0 Å². The molecule has 0 atom stereocenters. The lowest BCUT2D eigenvalue weighted by Gasteiger charge is -2.25. The topological polar surface area (TPSA) is 24.2 Å². The largest absolute Gasteiger partial charge is 1.00 e. The van der Waals surface area contributed by atoms with Gasteiger partial charge in [-0.25, -0.2) is 0 Å². The molecule has 0 unspecified atom stereocenters. The monoisotopic (exact) mass is 304 g/mol. The third-order valence-corrected chi connectivity index (χ3v) is 3.20. The van der Waals surface area contributed by atoms with Crippen molar-refractivity contribution in [3.8, 4) is 0 Å². The van der Waals surface area contributed by atoms with Gasteiger partial charge in [0, 0.05) is 23.9 Å². The van der Waals surface area contributed by atoms with Crippen LogP contribution in [0.1, 0.15) is 19.4 Å². The number of nitrogens with zero attached hydrogens (tertiary/aromatic N) is 2. The number of carbonyl (C=O) groups is 1. The van der Waals surface area contributed by atoms with E-state index in [9.17, 15) is 4.79 Å². The number of amides is 1.